The third kappa shape index (κ3) is 5.28. The highest BCUT2D eigenvalue weighted by Gasteiger charge is 2.29. The van der Waals surface area contributed by atoms with E-state index >= 15 is 0 Å². The lowest BCUT2D eigenvalue weighted by atomic mass is 9.99. The van der Waals surface area contributed by atoms with Gasteiger partial charge in [0.2, 0.25) is 5.82 Å². The first kappa shape index (κ1) is 24.1. The predicted octanol–water partition coefficient (Wildman–Crippen LogP) is 2.72. The fourth-order valence-electron chi connectivity index (χ4n) is 3.12. The molecule has 174 valence electrons. The van der Waals surface area contributed by atoms with Gasteiger partial charge >= 0.3 is 11.9 Å². The molecule has 0 aliphatic carbocycles. The monoisotopic (exact) mass is 519 g/mol. The number of H-pyrrole nitrogens is 1. The van der Waals surface area contributed by atoms with E-state index < -0.39 is 11.9 Å². The molecule has 0 amide bonds. The molecule has 0 atom stereocenters. The zero-order valence-corrected chi connectivity index (χ0v) is 20.1. The van der Waals surface area contributed by atoms with Crippen LogP contribution in [0.5, 0.6) is 5.75 Å². The van der Waals surface area contributed by atoms with Crippen molar-refractivity contribution in [2.24, 2.45) is 0 Å². The minimum Gasteiger partial charge on any atom is -0.496 e. The van der Waals surface area contributed by atoms with E-state index in [1.807, 2.05) is 0 Å². The highest BCUT2D eigenvalue weighted by molar-refractivity contribution is 9.10. The largest absolute Gasteiger partial charge is 0.496 e. The van der Waals surface area contributed by atoms with Crippen LogP contribution in [0, 0.1) is 6.92 Å². The van der Waals surface area contributed by atoms with Crippen molar-refractivity contribution in [3.05, 3.63) is 45.1 Å². The molecule has 1 N–H and O–H groups in total. The maximum atomic E-state index is 13.4. The number of ketones is 1. The third-order valence-electron chi connectivity index (χ3n) is 4.64. The second-order valence-electron chi connectivity index (χ2n) is 6.82. The second kappa shape index (κ2) is 10.4. The summed E-state index contributed by atoms with van der Waals surface area (Å²) in [5, 5.41) is 12.2. The summed E-state index contributed by atoms with van der Waals surface area (Å²) < 4.78 is 15.8. The van der Waals surface area contributed by atoms with Crippen LogP contribution in [-0.4, -0.2) is 63.2 Å². The molecule has 3 rings (SSSR count). The van der Waals surface area contributed by atoms with Crippen LogP contribution in [-0.2, 0) is 20.8 Å². The van der Waals surface area contributed by atoms with Gasteiger partial charge in [-0.25, -0.2) is 4.79 Å². The van der Waals surface area contributed by atoms with Crippen LogP contribution in [0.25, 0.3) is 11.5 Å². The summed E-state index contributed by atoms with van der Waals surface area (Å²) in [4.78, 5) is 41.1. The van der Waals surface area contributed by atoms with Crippen molar-refractivity contribution in [2.45, 2.75) is 27.3 Å². The highest BCUT2D eigenvalue weighted by Crippen LogP contribution is 2.31. The molecule has 2 aromatic heterocycles. The predicted molar refractivity (Wildman–Crippen MR) is 119 cm³/mol. The average Bonchev–Trinajstić information content (AvgIpc) is 3.37. The lowest BCUT2D eigenvalue weighted by Crippen LogP contribution is -2.12. The Labute approximate surface area is 197 Å². The lowest BCUT2D eigenvalue weighted by Gasteiger charge is -2.07. The summed E-state index contributed by atoms with van der Waals surface area (Å²) in [6.45, 7) is 5.08. The zero-order valence-electron chi connectivity index (χ0n) is 18.5. The molecule has 0 saturated heterocycles. The van der Waals surface area contributed by atoms with Crippen LogP contribution in [0.3, 0.4) is 0 Å². The summed E-state index contributed by atoms with van der Waals surface area (Å²) in [7, 11) is 1.52. The fourth-order valence-corrected chi connectivity index (χ4v) is 3.66. The van der Waals surface area contributed by atoms with Crippen molar-refractivity contribution in [3.63, 3.8) is 0 Å². The van der Waals surface area contributed by atoms with Crippen LogP contribution in [0.2, 0.25) is 0 Å². The van der Waals surface area contributed by atoms with Crippen molar-refractivity contribution < 1.29 is 28.6 Å². The molecule has 0 aliphatic rings. The quantitative estimate of drug-likeness (QED) is 0.333. The van der Waals surface area contributed by atoms with Gasteiger partial charge in [-0.2, -0.15) is 4.80 Å². The van der Waals surface area contributed by atoms with E-state index in [4.69, 9.17) is 14.2 Å². The smallest absolute Gasteiger partial charge is 0.355 e. The number of aromatic amines is 1. The van der Waals surface area contributed by atoms with E-state index in [2.05, 4.69) is 36.3 Å². The number of hydrogen-bond acceptors (Lipinski definition) is 9. The minimum absolute atomic E-state index is 0.00227. The molecular formula is C21H22BrN5O6. The number of nitrogens with zero attached hydrogens (tertiary/aromatic N) is 4. The molecule has 1 aromatic carbocycles. The number of nitrogens with one attached hydrogen (secondary N) is 1. The average molecular weight is 520 g/mol. The van der Waals surface area contributed by atoms with Crippen LogP contribution < -0.4 is 4.74 Å². The first-order chi connectivity index (χ1) is 15.8. The van der Waals surface area contributed by atoms with Gasteiger partial charge in [0.15, 0.2) is 5.78 Å². The molecule has 12 heteroatoms. The van der Waals surface area contributed by atoms with Gasteiger partial charge in [0.25, 0.3) is 0 Å². The molecule has 0 spiro atoms. The van der Waals surface area contributed by atoms with E-state index in [0.717, 1.165) is 0 Å². The number of aromatic nitrogens is 5. The Morgan fingerprint density at radius 1 is 1.21 bits per heavy atom. The topological polar surface area (TPSA) is 138 Å². The van der Waals surface area contributed by atoms with E-state index in [1.165, 1.54) is 18.8 Å². The van der Waals surface area contributed by atoms with Gasteiger partial charge in [0.1, 0.15) is 18.1 Å². The van der Waals surface area contributed by atoms with E-state index in [1.54, 1.807) is 32.0 Å². The van der Waals surface area contributed by atoms with Gasteiger partial charge < -0.3 is 19.2 Å². The van der Waals surface area contributed by atoms with E-state index in [-0.39, 0.29) is 42.6 Å². The molecule has 0 aliphatic heterocycles. The molecule has 3 aromatic rings. The molecule has 0 saturated carbocycles. The van der Waals surface area contributed by atoms with Gasteiger partial charge in [-0.15, -0.1) is 10.2 Å². The summed E-state index contributed by atoms with van der Waals surface area (Å²) in [5.41, 5.74) is 1.32. The second-order valence-corrected chi connectivity index (χ2v) is 7.68. The normalized spacial score (nSPS) is 10.7. The molecule has 33 heavy (non-hydrogen) atoms. The number of carbonyl (C=O) groups excluding carboxylic acids is 3. The number of rotatable bonds is 9. The van der Waals surface area contributed by atoms with Gasteiger partial charge in [-0.3, -0.25) is 9.59 Å². The number of benzene rings is 1. The maximum absolute atomic E-state index is 13.4. The molecule has 11 nitrogen and oxygen atoms in total. The minimum atomic E-state index is -0.676. The van der Waals surface area contributed by atoms with E-state index in [9.17, 15) is 14.4 Å². The maximum Gasteiger partial charge on any atom is 0.355 e. The number of hydrogen-bond donors (Lipinski definition) is 1. The first-order valence-corrected chi connectivity index (χ1v) is 10.8. The number of esters is 2. The summed E-state index contributed by atoms with van der Waals surface area (Å²) in [6.07, 6.45) is 0. The van der Waals surface area contributed by atoms with Crippen molar-refractivity contribution >= 4 is 33.7 Å². The van der Waals surface area contributed by atoms with Crippen LogP contribution in [0.15, 0.2) is 22.7 Å². The van der Waals surface area contributed by atoms with Gasteiger partial charge in [0.05, 0.1) is 36.0 Å². The highest BCUT2D eigenvalue weighted by atomic mass is 79.9. The van der Waals surface area contributed by atoms with Crippen LogP contribution in [0.1, 0.15) is 45.8 Å². The third-order valence-corrected chi connectivity index (χ3v) is 5.26. The van der Waals surface area contributed by atoms with Gasteiger partial charge in [0, 0.05) is 12.5 Å². The van der Waals surface area contributed by atoms with Crippen LogP contribution >= 0.6 is 15.9 Å². The molecule has 2 heterocycles. The van der Waals surface area contributed by atoms with Crippen LogP contribution in [0.4, 0.5) is 0 Å². The standard InChI is InChI=1S/C21H22BrN5O6/c1-5-32-21(30)18-16(19(29)13-6-7-15(31-4)14(22)10-13)11(2)17(23-18)20-24-26-27(25-20)8-9-33-12(3)28/h6-7,10,23H,5,8-9H2,1-4H3. The summed E-state index contributed by atoms with van der Waals surface area (Å²) in [6, 6.07) is 4.88. The Balaban J connectivity index is 2.01. The Hall–Kier alpha value is -3.54. The fraction of sp³-hybridized carbons (Fsp3) is 0.333. The van der Waals surface area contributed by atoms with Gasteiger partial charge in [-0.1, -0.05) is 0 Å². The number of tetrazole rings is 1. The van der Waals surface area contributed by atoms with Crippen molar-refractivity contribution in [3.8, 4) is 17.3 Å². The van der Waals surface area contributed by atoms with Crippen molar-refractivity contribution in [1.82, 2.24) is 25.2 Å². The number of methoxy groups -OCH3 is 1. The molecule has 0 radical (unpaired) electrons. The zero-order chi connectivity index (χ0) is 24.1. The Morgan fingerprint density at radius 2 is 1.97 bits per heavy atom. The Morgan fingerprint density at radius 3 is 2.61 bits per heavy atom. The molecule has 0 bridgehead atoms. The Bertz CT molecular complexity index is 1200. The summed E-state index contributed by atoms with van der Waals surface area (Å²) in [5.74, 6) is -0.731. The number of ether oxygens (including phenoxy) is 3. The summed E-state index contributed by atoms with van der Waals surface area (Å²) >= 11 is 3.37. The lowest BCUT2D eigenvalue weighted by molar-refractivity contribution is -0.141. The van der Waals surface area contributed by atoms with Crippen molar-refractivity contribution in [2.75, 3.05) is 20.3 Å². The molecular weight excluding hydrogens is 498 g/mol. The number of halogens is 1. The van der Waals surface area contributed by atoms with Gasteiger partial charge in [-0.05, 0) is 58.8 Å². The Kier molecular flexibility index (Phi) is 7.59. The van der Waals surface area contributed by atoms with Crippen molar-refractivity contribution in [1.29, 1.82) is 0 Å². The first-order valence-electron chi connectivity index (χ1n) is 9.96. The molecule has 0 fully saturated rings. The molecule has 0 unspecified atom stereocenters. The van der Waals surface area contributed by atoms with E-state index in [0.29, 0.717) is 27.0 Å². The number of carbonyl (C=O) groups is 3. The SMILES string of the molecule is CCOC(=O)c1[nH]c(-c2nnn(CCOC(C)=O)n2)c(C)c1C(=O)c1ccc(OC)c(Br)c1.